The summed E-state index contributed by atoms with van der Waals surface area (Å²) in [5.41, 5.74) is 0.623. The van der Waals surface area contributed by atoms with Gasteiger partial charge in [-0.15, -0.1) is 0 Å². The van der Waals surface area contributed by atoms with Crippen LogP contribution in [-0.4, -0.2) is 54.1 Å². The fraction of sp³-hybridized carbons (Fsp3) is 0.368. The molecule has 2 atom stereocenters. The van der Waals surface area contributed by atoms with E-state index in [2.05, 4.69) is 5.32 Å². The Morgan fingerprint density at radius 3 is 2.30 bits per heavy atom. The van der Waals surface area contributed by atoms with E-state index in [1.807, 2.05) is 12.2 Å². The number of hydrogen-bond acceptors (Lipinski definition) is 4. The van der Waals surface area contributed by atoms with Crippen LogP contribution in [0.2, 0.25) is 5.02 Å². The van der Waals surface area contributed by atoms with Crippen molar-refractivity contribution in [2.45, 2.75) is 12.8 Å². The molecule has 1 saturated heterocycles. The minimum absolute atomic E-state index is 0.233. The van der Waals surface area contributed by atoms with E-state index >= 15 is 0 Å². The zero-order chi connectivity index (χ0) is 19.7. The predicted octanol–water partition coefficient (Wildman–Crippen LogP) is 1.93. The molecule has 142 valence electrons. The third-order valence-corrected chi connectivity index (χ3v) is 5.12. The van der Waals surface area contributed by atoms with Gasteiger partial charge in [0.1, 0.15) is 6.54 Å². The average molecular weight is 390 g/mol. The first kappa shape index (κ1) is 19.1. The van der Waals surface area contributed by atoms with Crippen LogP contribution in [0.4, 0.5) is 5.69 Å². The molecular formula is C19H20ClN3O4. The zero-order valence-electron chi connectivity index (χ0n) is 15.1. The van der Waals surface area contributed by atoms with Crippen molar-refractivity contribution < 1.29 is 19.2 Å². The molecule has 0 aromatic heterocycles. The van der Waals surface area contributed by atoms with E-state index in [0.29, 0.717) is 18.4 Å². The third kappa shape index (κ3) is 3.73. The van der Waals surface area contributed by atoms with Gasteiger partial charge in [0.05, 0.1) is 22.5 Å². The van der Waals surface area contributed by atoms with Crippen molar-refractivity contribution in [3.63, 3.8) is 0 Å². The molecule has 8 heteroatoms. The largest absolute Gasteiger partial charge is 0.345 e. The van der Waals surface area contributed by atoms with Crippen LogP contribution in [0.15, 0.2) is 30.4 Å². The maximum atomic E-state index is 12.4. The Morgan fingerprint density at radius 2 is 1.74 bits per heavy atom. The number of carbonyl (C=O) groups excluding carboxylic acids is 4. The van der Waals surface area contributed by atoms with Gasteiger partial charge < -0.3 is 10.2 Å². The normalized spacial score (nSPS) is 21.2. The van der Waals surface area contributed by atoms with Crippen molar-refractivity contribution >= 4 is 40.9 Å². The summed E-state index contributed by atoms with van der Waals surface area (Å²) in [6, 6.07) is 4.55. The van der Waals surface area contributed by atoms with Crippen LogP contribution in [0.3, 0.4) is 0 Å². The topological polar surface area (TPSA) is 86.8 Å². The van der Waals surface area contributed by atoms with Crippen LogP contribution >= 0.6 is 11.6 Å². The number of likely N-dealkylation sites (tertiary alicyclic amines) is 1. The molecule has 0 saturated carbocycles. The number of hydrogen-bond donors (Lipinski definition) is 1. The van der Waals surface area contributed by atoms with Crippen LogP contribution in [-0.2, 0) is 14.4 Å². The molecule has 1 aromatic carbocycles. The van der Waals surface area contributed by atoms with Gasteiger partial charge in [-0.3, -0.25) is 24.1 Å². The Bertz CT molecular complexity index is 823. The maximum Gasteiger partial charge on any atom is 0.253 e. The summed E-state index contributed by atoms with van der Waals surface area (Å²) >= 11 is 6.10. The molecule has 3 rings (SSSR count). The molecule has 27 heavy (non-hydrogen) atoms. The number of nitrogens with one attached hydrogen (secondary N) is 1. The second kappa shape index (κ2) is 7.52. The second-order valence-corrected chi connectivity index (χ2v) is 7.27. The number of amides is 4. The smallest absolute Gasteiger partial charge is 0.253 e. The van der Waals surface area contributed by atoms with E-state index in [4.69, 9.17) is 11.6 Å². The van der Waals surface area contributed by atoms with E-state index in [1.54, 1.807) is 20.2 Å². The maximum absolute atomic E-state index is 12.4. The number of halogens is 1. The standard InChI is InChI=1S/C19H20ClN3O4/c1-22(2)17(25)11-7-8-14(20)15(9-11)21-16(24)10-23-18(26)12-5-3-4-6-13(12)19(23)27/h3-4,7-9,12-13H,5-6,10H2,1-2H3,(H,21,24). The summed E-state index contributed by atoms with van der Waals surface area (Å²) in [7, 11) is 3.24. The number of nitrogens with zero attached hydrogens (tertiary/aromatic N) is 2. The molecule has 0 spiro atoms. The molecule has 7 nitrogen and oxygen atoms in total. The average Bonchev–Trinajstić information content (AvgIpc) is 2.88. The molecule has 0 radical (unpaired) electrons. The van der Waals surface area contributed by atoms with Gasteiger partial charge in [0.15, 0.2) is 0 Å². The minimum Gasteiger partial charge on any atom is -0.345 e. The highest BCUT2D eigenvalue weighted by atomic mass is 35.5. The van der Waals surface area contributed by atoms with Crippen LogP contribution < -0.4 is 5.32 Å². The van der Waals surface area contributed by atoms with E-state index in [-0.39, 0.29) is 46.8 Å². The number of benzene rings is 1. The van der Waals surface area contributed by atoms with Crippen LogP contribution in [0.1, 0.15) is 23.2 Å². The van der Waals surface area contributed by atoms with E-state index in [0.717, 1.165) is 4.90 Å². The highest BCUT2D eigenvalue weighted by molar-refractivity contribution is 6.34. The fourth-order valence-corrected chi connectivity index (χ4v) is 3.54. The summed E-state index contributed by atoms with van der Waals surface area (Å²) in [5, 5.41) is 2.85. The zero-order valence-corrected chi connectivity index (χ0v) is 15.8. The molecule has 1 heterocycles. The highest BCUT2D eigenvalue weighted by Crippen LogP contribution is 2.35. The summed E-state index contributed by atoms with van der Waals surface area (Å²) in [6.45, 7) is -0.368. The van der Waals surface area contributed by atoms with E-state index in [1.165, 1.54) is 17.0 Å². The van der Waals surface area contributed by atoms with Crippen LogP contribution in [0.25, 0.3) is 0 Å². The van der Waals surface area contributed by atoms with Gasteiger partial charge in [-0.05, 0) is 31.0 Å². The number of fused-ring (bicyclic) bond motifs is 1. The number of rotatable bonds is 4. The minimum atomic E-state index is -0.542. The molecule has 1 aliphatic heterocycles. The van der Waals surface area contributed by atoms with Crippen molar-refractivity contribution in [1.82, 2.24) is 9.80 Å². The first-order valence-electron chi connectivity index (χ1n) is 8.61. The first-order chi connectivity index (χ1) is 12.8. The molecule has 0 bridgehead atoms. The Hall–Kier alpha value is -2.67. The van der Waals surface area contributed by atoms with Gasteiger partial charge in [-0.2, -0.15) is 0 Å². The van der Waals surface area contributed by atoms with Gasteiger partial charge in [-0.25, -0.2) is 0 Å². The van der Waals surface area contributed by atoms with Crippen molar-refractivity contribution in [3.8, 4) is 0 Å². The van der Waals surface area contributed by atoms with Gasteiger partial charge in [-0.1, -0.05) is 23.8 Å². The first-order valence-corrected chi connectivity index (χ1v) is 8.98. The summed E-state index contributed by atoms with van der Waals surface area (Å²) < 4.78 is 0. The van der Waals surface area contributed by atoms with Crippen LogP contribution in [0.5, 0.6) is 0 Å². The highest BCUT2D eigenvalue weighted by Gasteiger charge is 2.47. The quantitative estimate of drug-likeness (QED) is 0.629. The van der Waals surface area contributed by atoms with Gasteiger partial charge >= 0.3 is 0 Å². The molecule has 1 N–H and O–H groups in total. The van der Waals surface area contributed by atoms with Gasteiger partial charge in [0, 0.05) is 19.7 Å². The lowest BCUT2D eigenvalue weighted by Crippen LogP contribution is -2.38. The lowest BCUT2D eigenvalue weighted by molar-refractivity contribution is -0.142. The Morgan fingerprint density at radius 1 is 1.15 bits per heavy atom. The molecule has 2 aliphatic rings. The molecule has 2 unspecified atom stereocenters. The van der Waals surface area contributed by atoms with Crippen molar-refractivity contribution in [2.24, 2.45) is 11.8 Å². The lowest BCUT2D eigenvalue weighted by Gasteiger charge is -2.16. The monoisotopic (exact) mass is 389 g/mol. The SMILES string of the molecule is CN(C)C(=O)c1ccc(Cl)c(NC(=O)CN2C(=O)C3CC=CCC3C2=O)c1. The van der Waals surface area contributed by atoms with Gasteiger partial charge in [0.25, 0.3) is 5.91 Å². The van der Waals surface area contributed by atoms with Gasteiger partial charge in [0.2, 0.25) is 17.7 Å². The Kier molecular flexibility index (Phi) is 5.32. The molecule has 1 aliphatic carbocycles. The molecule has 1 fully saturated rings. The number of carbonyl (C=O) groups is 4. The lowest BCUT2D eigenvalue weighted by atomic mass is 9.85. The van der Waals surface area contributed by atoms with E-state index < -0.39 is 5.91 Å². The number of anilines is 1. The number of allylic oxidation sites excluding steroid dienone is 2. The second-order valence-electron chi connectivity index (χ2n) is 6.86. The summed E-state index contributed by atoms with van der Waals surface area (Å²) in [5.74, 6) is -2.15. The van der Waals surface area contributed by atoms with Crippen molar-refractivity contribution in [2.75, 3.05) is 26.0 Å². The van der Waals surface area contributed by atoms with Crippen molar-refractivity contribution in [1.29, 1.82) is 0 Å². The van der Waals surface area contributed by atoms with E-state index in [9.17, 15) is 19.2 Å². The molecular weight excluding hydrogens is 370 g/mol. The Balaban J connectivity index is 1.71. The molecule has 4 amide bonds. The summed E-state index contributed by atoms with van der Waals surface area (Å²) in [6.07, 6.45) is 4.83. The third-order valence-electron chi connectivity index (χ3n) is 4.79. The van der Waals surface area contributed by atoms with Crippen LogP contribution in [0, 0.1) is 11.8 Å². The van der Waals surface area contributed by atoms with Crippen molar-refractivity contribution in [3.05, 3.63) is 40.9 Å². The molecule has 1 aromatic rings. The number of imide groups is 1. The fourth-order valence-electron chi connectivity index (χ4n) is 3.37. The summed E-state index contributed by atoms with van der Waals surface area (Å²) in [4.78, 5) is 51.8. The predicted molar refractivity (Wildman–Crippen MR) is 100 cm³/mol. The Labute approximate surface area is 161 Å².